The van der Waals surface area contributed by atoms with Crippen LogP contribution in [0.4, 0.5) is 5.82 Å². The van der Waals surface area contributed by atoms with Crippen LogP contribution in [0.25, 0.3) is 5.69 Å². The van der Waals surface area contributed by atoms with Crippen molar-refractivity contribution in [1.82, 2.24) is 9.78 Å². The summed E-state index contributed by atoms with van der Waals surface area (Å²) in [5.74, 6) is 1.15. The van der Waals surface area contributed by atoms with Gasteiger partial charge < -0.3 is 9.64 Å². The molecule has 0 N–H and O–H groups in total. The Morgan fingerprint density at radius 3 is 2.27 bits per heavy atom. The van der Waals surface area contributed by atoms with Crippen LogP contribution < -0.4 is 4.90 Å². The van der Waals surface area contributed by atoms with E-state index in [0.717, 1.165) is 23.7 Å². The normalized spacial score (nSPS) is 14.3. The van der Waals surface area contributed by atoms with E-state index in [4.69, 9.17) is 9.84 Å². The number of hydrogen-bond acceptors (Lipinski definition) is 3. The van der Waals surface area contributed by atoms with Crippen LogP contribution in [0.2, 0.25) is 0 Å². The van der Waals surface area contributed by atoms with Gasteiger partial charge in [0.1, 0.15) is 12.5 Å². The van der Waals surface area contributed by atoms with Crippen LogP contribution >= 0.6 is 0 Å². The number of ether oxygens (including phenoxy) is 1. The molecular weight excluding hydrogens is 322 g/mol. The van der Waals surface area contributed by atoms with Crippen molar-refractivity contribution in [3.05, 3.63) is 77.5 Å². The Kier molecular flexibility index (Phi) is 4.29. The highest BCUT2D eigenvalue weighted by atomic mass is 16.5. The van der Waals surface area contributed by atoms with E-state index in [1.807, 2.05) is 12.1 Å². The average molecular weight is 347 g/mol. The van der Waals surface area contributed by atoms with Crippen molar-refractivity contribution in [1.29, 1.82) is 0 Å². The number of anilines is 1. The van der Waals surface area contributed by atoms with E-state index in [-0.39, 0.29) is 5.41 Å². The van der Waals surface area contributed by atoms with Gasteiger partial charge in [-0.1, -0.05) is 69.3 Å². The molecule has 1 aliphatic heterocycles. The molecule has 0 unspecified atom stereocenters. The number of nitrogens with zero attached hydrogens (tertiary/aromatic N) is 3. The van der Waals surface area contributed by atoms with Crippen molar-refractivity contribution in [2.45, 2.75) is 39.3 Å². The topological polar surface area (TPSA) is 30.3 Å². The van der Waals surface area contributed by atoms with Crippen molar-refractivity contribution < 1.29 is 4.74 Å². The molecule has 0 saturated heterocycles. The first-order valence-corrected chi connectivity index (χ1v) is 9.08. The SMILES string of the molecule is CC(C)(C)c1nn(-c2ccccc2)c2c1COCN2Cc1ccccc1. The van der Waals surface area contributed by atoms with Gasteiger partial charge in [-0.25, -0.2) is 4.68 Å². The van der Waals surface area contributed by atoms with E-state index in [1.54, 1.807) is 0 Å². The van der Waals surface area contributed by atoms with Gasteiger partial charge in [0.05, 0.1) is 18.0 Å². The monoisotopic (exact) mass is 347 g/mol. The summed E-state index contributed by atoms with van der Waals surface area (Å²) in [6.45, 7) is 8.61. The molecule has 134 valence electrons. The van der Waals surface area contributed by atoms with Crippen molar-refractivity contribution in [2.24, 2.45) is 0 Å². The zero-order valence-corrected chi connectivity index (χ0v) is 15.6. The Bertz CT molecular complexity index is 879. The average Bonchev–Trinajstić information content (AvgIpc) is 3.04. The lowest BCUT2D eigenvalue weighted by atomic mass is 9.89. The van der Waals surface area contributed by atoms with Gasteiger partial charge in [0, 0.05) is 17.5 Å². The van der Waals surface area contributed by atoms with Crippen LogP contribution in [0.1, 0.15) is 37.6 Å². The van der Waals surface area contributed by atoms with Crippen molar-refractivity contribution in [3.8, 4) is 5.69 Å². The van der Waals surface area contributed by atoms with Crippen molar-refractivity contribution in [2.75, 3.05) is 11.6 Å². The molecule has 0 fully saturated rings. The number of aromatic nitrogens is 2. The van der Waals surface area contributed by atoms with Crippen LogP contribution in [0.15, 0.2) is 60.7 Å². The summed E-state index contributed by atoms with van der Waals surface area (Å²) >= 11 is 0. The van der Waals surface area contributed by atoms with Gasteiger partial charge in [0.15, 0.2) is 0 Å². The first kappa shape index (κ1) is 16.9. The van der Waals surface area contributed by atoms with Crippen LogP contribution in [0.3, 0.4) is 0 Å². The van der Waals surface area contributed by atoms with Crippen molar-refractivity contribution >= 4 is 5.82 Å². The maximum absolute atomic E-state index is 5.94. The highest BCUT2D eigenvalue weighted by Crippen LogP contribution is 2.37. The second kappa shape index (κ2) is 6.61. The molecule has 0 amide bonds. The summed E-state index contributed by atoms with van der Waals surface area (Å²) in [7, 11) is 0. The molecule has 2 aromatic carbocycles. The second-order valence-corrected chi connectivity index (χ2v) is 7.81. The van der Waals surface area contributed by atoms with Crippen molar-refractivity contribution in [3.63, 3.8) is 0 Å². The third kappa shape index (κ3) is 3.13. The predicted molar refractivity (Wildman–Crippen MR) is 105 cm³/mol. The molecule has 2 heterocycles. The summed E-state index contributed by atoms with van der Waals surface area (Å²) in [6.07, 6.45) is 0. The molecule has 0 spiro atoms. The van der Waals surface area contributed by atoms with Gasteiger partial charge in [-0.05, 0) is 17.7 Å². The van der Waals surface area contributed by atoms with E-state index < -0.39 is 0 Å². The zero-order chi connectivity index (χ0) is 18.1. The first-order chi connectivity index (χ1) is 12.5. The Labute approximate surface area is 155 Å². The summed E-state index contributed by atoms with van der Waals surface area (Å²) < 4.78 is 8.02. The number of benzene rings is 2. The molecule has 0 bridgehead atoms. The van der Waals surface area contributed by atoms with Crippen LogP contribution in [0, 0.1) is 0 Å². The molecular formula is C22H25N3O. The van der Waals surface area contributed by atoms with E-state index >= 15 is 0 Å². The van der Waals surface area contributed by atoms with E-state index in [2.05, 4.69) is 78.9 Å². The van der Waals surface area contributed by atoms with Gasteiger partial charge >= 0.3 is 0 Å². The minimum absolute atomic E-state index is 0.0385. The zero-order valence-electron chi connectivity index (χ0n) is 15.6. The quantitative estimate of drug-likeness (QED) is 0.690. The highest BCUT2D eigenvalue weighted by Gasteiger charge is 2.32. The van der Waals surface area contributed by atoms with Gasteiger partial charge in [0.25, 0.3) is 0 Å². The molecule has 0 radical (unpaired) electrons. The fourth-order valence-electron chi connectivity index (χ4n) is 3.49. The fourth-order valence-corrected chi connectivity index (χ4v) is 3.49. The Hall–Kier alpha value is -2.59. The van der Waals surface area contributed by atoms with Gasteiger partial charge in [-0.15, -0.1) is 0 Å². The third-order valence-electron chi connectivity index (χ3n) is 4.68. The van der Waals surface area contributed by atoms with Gasteiger partial charge in [-0.2, -0.15) is 5.10 Å². The Morgan fingerprint density at radius 1 is 0.962 bits per heavy atom. The smallest absolute Gasteiger partial charge is 0.140 e. The predicted octanol–water partition coefficient (Wildman–Crippen LogP) is 4.66. The van der Waals surface area contributed by atoms with Crippen LogP contribution in [-0.4, -0.2) is 16.5 Å². The van der Waals surface area contributed by atoms with Gasteiger partial charge in [0.2, 0.25) is 0 Å². The molecule has 0 aliphatic carbocycles. The van der Waals surface area contributed by atoms with E-state index in [9.17, 15) is 0 Å². The number of para-hydroxylation sites is 1. The second-order valence-electron chi connectivity index (χ2n) is 7.81. The van der Waals surface area contributed by atoms with Crippen LogP contribution in [0.5, 0.6) is 0 Å². The van der Waals surface area contributed by atoms with E-state index in [1.165, 1.54) is 11.1 Å². The lowest BCUT2D eigenvalue weighted by Gasteiger charge is -2.31. The standard InChI is InChI=1S/C22H25N3O/c1-22(2,3)20-19-15-26-16-24(14-17-10-6-4-7-11-17)21(19)25(23-20)18-12-8-5-9-13-18/h4-13H,14-16H2,1-3H3. The first-order valence-electron chi connectivity index (χ1n) is 9.08. The maximum atomic E-state index is 5.94. The van der Waals surface area contributed by atoms with Gasteiger partial charge in [-0.3, -0.25) is 0 Å². The molecule has 26 heavy (non-hydrogen) atoms. The number of hydrogen-bond donors (Lipinski definition) is 0. The largest absolute Gasteiger partial charge is 0.356 e. The lowest BCUT2D eigenvalue weighted by Crippen LogP contribution is -2.32. The summed E-state index contributed by atoms with van der Waals surface area (Å²) in [6, 6.07) is 20.9. The molecule has 4 heteroatoms. The minimum atomic E-state index is -0.0385. The fraction of sp³-hybridized carbons (Fsp3) is 0.318. The summed E-state index contributed by atoms with van der Waals surface area (Å²) in [5.41, 5.74) is 4.61. The Balaban J connectivity index is 1.84. The molecule has 1 aliphatic rings. The van der Waals surface area contributed by atoms with E-state index in [0.29, 0.717) is 13.3 Å². The molecule has 3 aromatic rings. The third-order valence-corrected chi connectivity index (χ3v) is 4.68. The Morgan fingerprint density at radius 2 is 1.62 bits per heavy atom. The molecule has 4 nitrogen and oxygen atoms in total. The van der Waals surface area contributed by atoms with Crippen LogP contribution in [-0.2, 0) is 23.3 Å². The highest BCUT2D eigenvalue weighted by molar-refractivity contribution is 5.57. The lowest BCUT2D eigenvalue weighted by molar-refractivity contribution is 0.107. The molecule has 4 rings (SSSR count). The minimum Gasteiger partial charge on any atom is -0.356 e. The molecule has 1 aromatic heterocycles. The number of rotatable bonds is 3. The maximum Gasteiger partial charge on any atom is 0.140 e. The molecule has 0 atom stereocenters. The summed E-state index contributed by atoms with van der Waals surface area (Å²) in [4.78, 5) is 2.28. The molecule has 0 saturated carbocycles. The summed E-state index contributed by atoms with van der Waals surface area (Å²) in [5, 5.41) is 5.02. The number of fused-ring (bicyclic) bond motifs is 1.